The second-order valence-electron chi connectivity index (χ2n) is 6.77. The molecule has 9 nitrogen and oxygen atoms in total. The highest BCUT2D eigenvalue weighted by Gasteiger charge is 2.22. The van der Waals surface area contributed by atoms with Crippen LogP contribution in [0.5, 0.6) is 5.75 Å². The summed E-state index contributed by atoms with van der Waals surface area (Å²) in [5.74, 6) is -0.534. The van der Waals surface area contributed by atoms with E-state index in [0.29, 0.717) is 31.9 Å². The predicted octanol–water partition coefficient (Wildman–Crippen LogP) is 0.246. The van der Waals surface area contributed by atoms with E-state index in [1.165, 1.54) is 12.5 Å². The fourth-order valence-electron chi connectivity index (χ4n) is 2.86. The molecule has 1 aromatic carbocycles. The fourth-order valence-corrected chi connectivity index (χ4v) is 2.86. The molecule has 158 valence electrons. The van der Waals surface area contributed by atoms with Crippen LogP contribution in [0.25, 0.3) is 0 Å². The first-order chi connectivity index (χ1) is 13.9. The molecule has 2 N–H and O–H groups in total. The van der Waals surface area contributed by atoms with Crippen LogP contribution in [-0.4, -0.2) is 66.2 Å². The maximum absolute atomic E-state index is 12.2. The van der Waals surface area contributed by atoms with E-state index in [9.17, 15) is 19.2 Å². The lowest BCUT2D eigenvalue weighted by Gasteiger charge is -2.34. The molecule has 0 saturated carbocycles. The summed E-state index contributed by atoms with van der Waals surface area (Å²) in [6.45, 7) is 5.26. The van der Waals surface area contributed by atoms with Gasteiger partial charge in [-0.3, -0.25) is 30.0 Å². The van der Waals surface area contributed by atoms with Crippen LogP contribution in [-0.2, 0) is 25.6 Å². The van der Waals surface area contributed by atoms with Crippen molar-refractivity contribution in [2.45, 2.75) is 33.1 Å². The number of ether oxygens (including phenoxy) is 1. The van der Waals surface area contributed by atoms with Crippen molar-refractivity contribution in [2.75, 3.05) is 32.8 Å². The summed E-state index contributed by atoms with van der Waals surface area (Å²) >= 11 is 0. The Balaban J connectivity index is 1.60. The van der Waals surface area contributed by atoms with Crippen LogP contribution in [0.15, 0.2) is 24.3 Å². The van der Waals surface area contributed by atoms with Gasteiger partial charge in [0.2, 0.25) is 17.7 Å². The maximum atomic E-state index is 12.2. The van der Waals surface area contributed by atoms with Crippen LogP contribution >= 0.6 is 0 Å². The second-order valence-corrected chi connectivity index (χ2v) is 6.77. The molecular formula is C20H28N4O5. The summed E-state index contributed by atoms with van der Waals surface area (Å²) in [7, 11) is 0. The van der Waals surface area contributed by atoms with Gasteiger partial charge in [-0.15, -0.1) is 0 Å². The van der Waals surface area contributed by atoms with Gasteiger partial charge in [-0.2, -0.15) is 0 Å². The summed E-state index contributed by atoms with van der Waals surface area (Å²) in [6.07, 6.45) is 0.928. The Bertz CT molecular complexity index is 727. The predicted molar refractivity (Wildman–Crippen MR) is 106 cm³/mol. The number of amides is 4. The maximum Gasteiger partial charge on any atom is 0.276 e. The molecule has 1 fully saturated rings. The normalized spacial score (nSPS) is 13.6. The van der Waals surface area contributed by atoms with Gasteiger partial charge >= 0.3 is 0 Å². The highest BCUT2D eigenvalue weighted by atomic mass is 16.5. The zero-order valence-corrected chi connectivity index (χ0v) is 16.9. The fraction of sp³-hybridized carbons (Fsp3) is 0.500. The molecule has 29 heavy (non-hydrogen) atoms. The van der Waals surface area contributed by atoms with Gasteiger partial charge in [0, 0.05) is 45.9 Å². The molecule has 0 unspecified atom stereocenters. The number of hydrogen-bond acceptors (Lipinski definition) is 5. The molecule has 0 aliphatic carbocycles. The van der Waals surface area contributed by atoms with E-state index in [0.717, 1.165) is 6.42 Å². The largest absolute Gasteiger partial charge is 0.484 e. The van der Waals surface area contributed by atoms with Gasteiger partial charge in [0.05, 0.1) is 0 Å². The van der Waals surface area contributed by atoms with E-state index in [4.69, 9.17) is 4.74 Å². The molecule has 1 aliphatic heterocycles. The van der Waals surface area contributed by atoms with Crippen molar-refractivity contribution in [3.8, 4) is 5.75 Å². The van der Waals surface area contributed by atoms with E-state index >= 15 is 0 Å². The number of nitrogens with one attached hydrogen (secondary N) is 2. The van der Waals surface area contributed by atoms with E-state index in [1.54, 1.807) is 21.9 Å². The third-order valence-corrected chi connectivity index (χ3v) is 4.69. The SMILES string of the molecule is CCc1ccc(OCC(=O)NNC(=O)CCC(=O)N2CCN(C(C)=O)CC2)cc1. The minimum absolute atomic E-state index is 0.00540. The van der Waals surface area contributed by atoms with Crippen molar-refractivity contribution >= 4 is 23.6 Å². The Morgan fingerprint density at radius 3 is 2.07 bits per heavy atom. The van der Waals surface area contributed by atoms with Gasteiger partial charge in [0.1, 0.15) is 5.75 Å². The smallest absolute Gasteiger partial charge is 0.276 e. The van der Waals surface area contributed by atoms with Crippen molar-refractivity contribution < 1.29 is 23.9 Å². The van der Waals surface area contributed by atoms with E-state index in [-0.39, 0.29) is 31.3 Å². The molecule has 1 aromatic rings. The Hall–Kier alpha value is -3.10. The van der Waals surface area contributed by atoms with Crippen LogP contribution in [0.3, 0.4) is 0 Å². The molecule has 1 saturated heterocycles. The number of hydrazine groups is 1. The molecular weight excluding hydrogens is 376 g/mol. The average molecular weight is 404 g/mol. The summed E-state index contributed by atoms with van der Waals surface area (Å²) in [6, 6.07) is 7.41. The van der Waals surface area contributed by atoms with Crippen molar-refractivity contribution in [3.05, 3.63) is 29.8 Å². The van der Waals surface area contributed by atoms with Gasteiger partial charge in [-0.05, 0) is 24.1 Å². The van der Waals surface area contributed by atoms with Crippen molar-refractivity contribution in [1.82, 2.24) is 20.7 Å². The summed E-state index contributed by atoms with van der Waals surface area (Å²) in [4.78, 5) is 50.4. The van der Waals surface area contributed by atoms with Gasteiger partial charge in [-0.25, -0.2) is 0 Å². The van der Waals surface area contributed by atoms with Crippen LogP contribution in [0.2, 0.25) is 0 Å². The molecule has 0 radical (unpaired) electrons. The Labute approximate surface area is 170 Å². The summed E-state index contributed by atoms with van der Waals surface area (Å²) in [5, 5.41) is 0. The molecule has 0 spiro atoms. The molecule has 0 bridgehead atoms. The van der Waals surface area contributed by atoms with Gasteiger partial charge < -0.3 is 14.5 Å². The Kier molecular flexibility index (Phi) is 8.45. The average Bonchev–Trinajstić information content (AvgIpc) is 2.74. The van der Waals surface area contributed by atoms with Gasteiger partial charge in [-0.1, -0.05) is 19.1 Å². The van der Waals surface area contributed by atoms with Crippen LogP contribution in [0.4, 0.5) is 0 Å². The number of hydrogen-bond donors (Lipinski definition) is 2. The Morgan fingerprint density at radius 2 is 1.48 bits per heavy atom. The number of aryl methyl sites for hydroxylation is 1. The monoisotopic (exact) mass is 404 g/mol. The topological polar surface area (TPSA) is 108 Å². The van der Waals surface area contributed by atoms with E-state index in [1.807, 2.05) is 19.1 Å². The minimum atomic E-state index is -0.496. The van der Waals surface area contributed by atoms with Gasteiger partial charge in [0.25, 0.3) is 5.91 Å². The van der Waals surface area contributed by atoms with Crippen molar-refractivity contribution in [3.63, 3.8) is 0 Å². The van der Waals surface area contributed by atoms with Gasteiger partial charge in [0.15, 0.2) is 6.61 Å². The van der Waals surface area contributed by atoms with Crippen molar-refractivity contribution in [1.29, 1.82) is 0 Å². The lowest BCUT2D eigenvalue weighted by molar-refractivity contribution is -0.139. The first kappa shape index (κ1) is 22.2. The number of rotatable bonds is 7. The van der Waals surface area contributed by atoms with Crippen LogP contribution < -0.4 is 15.6 Å². The van der Waals surface area contributed by atoms with E-state index < -0.39 is 11.8 Å². The lowest BCUT2D eigenvalue weighted by Crippen LogP contribution is -2.50. The third kappa shape index (κ3) is 7.44. The summed E-state index contributed by atoms with van der Waals surface area (Å²) in [5.41, 5.74) is 5.71. The number of carbonyl (C=O) groups is 4. The lowest BCUT2D eigenvalue weighted by atomic mass is 10.2. The third-order valence-electron chi connectivity index (χ3n) is 4.69. The van der Waals surface area contributed by atoms with Crippen LogP contribution in [0, 0.1) is 0 Å². The molecule has 2 rings (SSSR count). The molecule has 1 aliphatic rings. The quantitative estimate of drug-likeness (QED) is 0.633. The number of benzene rings is 1. The number of carbonyl (C=O) groups excluding carboxylic acids is 4. The van der Waals surface area contributed by atoms with Crippen LogP contribution in [0.1, 0.15) is 32.3 Å². The molecule has 1 heterocycles. The molecule has 4 amide bonds. The minimum Gasteiger partial charge on any atom is -0.484 e. The first-order valence-corrected chi connectivity index (χ1v) is 9.71. The van der Waals surface area contributed by atoms with E-state index in [2.05, 4.69) is 10.9 Å². The molecule has 0 aromatic heterocycles. The number of nitrogens with zero attached hydrogens (tertiary/aromatic N) is 2. The number of piperazine rings is 1. The summed E-state index contributed by atoms with van der Waals surface area (Å²) < 4.78 is 5.35. The molecule has 9 heteroatoms. The Morgan fingerprint density at radius 1 is 0.897 bits per heavy atom. The molecule has 0 atom stereocenters. The first-order valence-electron chi connectivity index (χ1n) is 9.71. The second kappa shape index (κ2) is 11.0. The van der Waals surface area contributed by atoms with Crippen molar-refractivity contribution in [2.24, 2.45) is 0 Å². The highest BCUT2D eigenvalue weighted by molar-refractivity contribution is 5.86. The zero-order valence-electron chi connectivity index (χ0n) is 16.9. The highest BCUT2D eigenvalue weighted by Crippen LogP contribution is 2.12. The zero-order chi connectivity index (χ0) is 21.2. The standard InChI is InChI=1S/C20H28N4O5/c1-3-16-4-6-17(7-5-16)29-14-19(27)22-21-18(26)8-9-20(28)24-12-10-23(11-13-24)15(2)25/h4-7H,3,8-14H2,1-2H3,(H,21,26)(H,22,27).